The van der Waals surface area contributed by atoms with Gasteiger partial charge >= 0.3 is 5.69 Å². The van der Waals surface area contributed by atoms with Gasteiger partial charge < -0.3 is 4.90 Å². The van der Waals surface area contributed by atoms with Gasteiger partial charge in [0.2, 0.25) is 0 Å². The minimum atomic E-state index is -0.417. The van der Waals surface area contributed by atoms with Crippen molar-refractivity contribution < 1.29 is 0 Å². The minimum absolute atomic E-state index is 0.417. The first-order chi connectivity index (χ1) is 5.11. The lowest BCUT2D eigenvalue weighted by Gasteiger charge is -2.10. The average molecular weight is 154 g/mol. The molecule has 0 aromatic carbocycles. The zero-order valence-corrected chi connectivity index (χ0v) is 6.75. The number of H-pyrrole nitrogens is 1. The third-order valence-corrected chi connectivity index (χ3v) is 1.27. The van der Waals surface area contributed by atoms with E-state index in [1.807, 2.05) is 14.1 Å². The largest absolute Gasteiger partial charge is 0.363 e. The summed E-state index contributed by atoms with van der Waals surface area (Å²) in [6.45, 7) is 1.79. The summed E-state index contributed by atoms with van der Waals surface area (Å²) in [6.07, 6.45) is 0. The predicted molar refractivity (Wildman–Crippen MR) is 41.7 cm³/mol. The van der Waals surface area contributed by atoms with Crippen LogP contribution in [0.4, 0.5) is 5.82 Å². The Kier molecular flexibility index (Phi) is 1.89. The fraction of sp³-hybridized carbons (Fsp3) is 0.500. The molecule has 0 bridgehead atoms. The fourth-order valence-electron chi connectivity index (χ4n) is 0.807. The van der Waals surface area contributed by atoms with Gasteiger partial charge in [-0.15, -0.1) is 0 Å². The van der Waals surface area contributed by atoms with E-state index < -0.39 is 5.69 Å². The van der Waals surface area contributed by atoms with Gasteiger partial charge in [0.25, 0.3) is 0 Å². The van der Waals surface area contributed by atoms with Crippen LogP contribution in [0.25, 0.3) is 0 Å². The van der Waals surface area contributed by atoms with Crippen molar-refractivity contribution in [2.45, 2.75) is 6.92 Å². The molecule has 11 heavy (non-hydrogen) atoms. The summed E-state index contributed by atoms with van der Waals surface area (Å²) in [4.78, 5) is 16.2. The molecule has 0 amide bonds. The van der Waals surface area contributed by atoms with Gasteiger partial charge in [0.15, 0.2) is 5.82 Å². The maximum absolute atomic E-state index is 10.7. The maximum Gasteiger partial charge on any atom is 0.363 e. The number of aromatic amines is 1. The number of nitrogens with zero attached hydrogens (tertiary/aromatic N) is 3. The van der Waals surface area contributed by atoms with E-state index in [2.05, 4.69) is 15.2 Å². The molecule has 5 heteroatoms. The Bertz CT molecular complexity index is 304. The second-order valence-corrected chi connectivity index (χ2v) is 2.44. The monoisotopic (exact) mass is 154 g/mol. The number of hydrogen-bond acceptors (Lipinski definition) is 4. The highest BCUT2D eigenvalue weighted by molar-refractivity contribution is 5.38. The number of nitrogens with one attached hydrogen (secondary N) is 1. The van der Waals surface area contributed by atoms with Crippen LogP contribution in [-0.4, -0.2) is 29.3 Å². The summed E-state index contributed by atoms with van der Waals surface area (Å²) < 4.78 is 0. The normalized spacial score (nSPS) is 9.73. The summed E-state index contributed by atoms with van der Waals surface area (Å²) in [6, 6.07) is 0. The molecular formula is C6H10N4O. The lowest BCUT2D eigenvalue weighted by atomic mass is 10.4. The minimum Gasteiger partial charge on any atom is -0.361 e. The van der Waals surface area contributed by atoms with Crippen molar-refractivity contribution in [2.24, 2.45) is 0 Å². The zero-order chi connectivity index (χ0) is 8.43. The molecule has 1 N–H and O–H groups in total. The van der Waals surface area contributed by atoms with Crippen LogP contribution in [-0.2, 0) is 0 Å². The molecule has 0 atom stereocenters. The third kappa shape index (κ3) is 1.54. The van der Waals surface area contributed by atoms with E-state index in [9.17, 15) is 4.79 Å². The Balaban J connectivity index is 3.23. The van der Waals surface area contributed by atoms with Crippen molar-refractivity contribution in [3.63, 3.8) is 0 Å². The summed E-state index contributed by atoms with van der Waals surface area (Å²) in [5.41, 5.74) is 0.300. The highest BCUT2D eigenvalue weighted by atomic mass is 16.1. The molecule has 1 aromatic rings. The van der Waals surface area contributed by atoms with Crippen molar-refractivity contribution in [1.82, 2.24) is 15.2 Å². The molecule has 0 saturated heterocycles. The number of hydrogen-bond donors (Lipinski definition) is 1. The van der Waals surface area contributed by atoms with E-state index in [-0.39, 0.29) is 0 Å². The summed E-state index contributed by atoms with van der Waals surface area (Å²) in [7, 11) is 3.63. The highest BCUT2D eigenvalue weighted by Gasteiger charge is 2.02. The van der Waals surface area contributed by atoms with Crippen LogP contribution in [0.3, 0.4) is 0 Å². The zero-order valence-electron chi connectivity index (χ0n) is 6.75. The summed E-state index contributed by atoms with van der Waals surface area (Å²) in [5.74, 6) is 0.605. The van der Waals surface area contributed by atoms with E-state index >= 15 is 0 Å². The Labute approximate surface area is 64.1 Å². The third-order valence-electron chi connectivity index (χ3n) is 1.27. The van der Waals surface area contributed by atoms with Crippen LogP contribution in [0, 0.1) is 6.92 Å². The molecular weight excluding hydrogens is 144 g/mol. The quantitative estimate of drug-likeness (QED) is 0.594. The maximum atomic E-state index is 10.7. The van der Waals surface area contributed by atoms with Crippen LogP contribution < -0.4 is 10.6 Å². The Morgan fingerprint density at radius 1 is 1.45 bits per heavy atom. The van der Waals surface area contributed by atoms with Crippen LogP contribution in [0.5, 0.6) is 0 Å². The topological polar surface area (TPSA) is 61.9 Å². The number of anilines is 1. The van der Waals surface area contributed by atoms with Crippen molar-refractivity contribution >= 4 is 5.82 Å². The second kappa shape index (κ2) is 2.69. The molecule has 5 nitrogen and oxygen atoms in total. The van der Waals surface area contributed by atoms with E-state index in [1.165, 1.54) is 0 Å². The molecule has 0 aliphatic rings. The molecule has 0 fully saturated rings. The fourth-order valence-corrected chi connectivity index (χ4v) is 0.807. The van der Waals surface area contributed by atoms with Gasteiger partial charge in [0.1, 0.15) is 5.69 Å². The van der Waals surface area contributed by atoms with Crippen LogP contribution >= 0.6 is 0 Å². The highest BCUT2D eigenvalue weighted by Crippen LogP contribution is 2.05. The van der Waals surface area contributed by atoms with Crippen LogP contribution in [0.15, 0.2) is 4.79 Å². The Morgan fingerprint density at radius 3 is 2.55 bits per heavy atom. The number of aromatic nitrogens is 3. The van der Waals surface area contributed by atoms with Gasteiger partial charge in [0, 0.05) is 14.1 Å². The van der Waals surface area contributed by atoms with Gasteiger partial charge in [-0.25, -0.2) is 9.89 Å². The molecule has 1 aromatic heterocycles. The SMILES string of the molecule is Cc1n[nH]c(=O)nc1N(C)C. The molecule has 0 aliphatic heterocycles. The van der Waals surface area contributed by atoms with E-state index in [1.54, 1.807) is 11.8 Å². The van der Waals surface area contributed by atoms with Crippen molar-refractivity contribution in [1.29, 1.82) is 0 Å². The molecule has 0 spiro atoms. The lowest BCUT2D eigenvalue weighted by molar-refractivity contribution is 0.857. The van der Waals surface area contributed by atoms with Gasteiger partial charge in [-0.2, -0.15) is 10.1 Å². The van der Waals surface area contributed by atoms with E-state index in [4.69, 9.17) is 0 Å². The van der Waals surface area contributed by atoms with E-state index in [0.717, 1.165) is 5.69 Å². The van der Waals surface area contributed by atoms with Gasteiger partial charge in [-0.3, -0.25) is 0 Å². The first kappa shape index (κ1) is 7.71. The molecule has 0 saturated carbocycles. The van der Waals surface area contributed by atoms with Crippen LogP contribution in [0.2, 0.25) is 0 Å². The molecule has 1 heterocycles. The molecule has 0 unspecified atom stereocenters. The molecule has 60 valence electrons. The second-order valence-electron chi connectivity index (χ2n) is 2.44. The predicted octanol–water partition coefficient (Wildman–Crippen LogP) is -0.461. The first-order valence-electron chi connectivity index (χ1n) is 3.22. The smallest absolute Gasteiger partial charge is 0.361 e. The van der Waals surface area contributed by atoms with Crippen molar-refractivity contribution in [3.05, 3.63) is 16.2 Å². The molecule has 0 aliphatic carbocycles. The number of aryl methyl sites for hydroxylation is 1. The molecule has 0 radical (unpaired) electrons. The van der Waals surface area contributed by atoms with Gasteiger partial charge in [0.05, 0.1) is 0 Å². The van der Waals surface area contributed by atoms with Gasteiger partial charge in [-0.05, 0) is 6.92 Å². The van der Waals surface area contributed by atoms with Gasteiger partial charge in [-0.1, -0.05) is 0 Å². The van der Waals surface area contributed by atoms with Crippen molar-refractivity contribution in [3.8, 4) is 0 Å². The number of rotatable bonds is 1. The standard InChI is InChI=1S/C6H10N4O/c1-4-5(10(2)3)7-6(11)9-8-4/h1-3H3,(H,7,9,11). The Morgan fingerprint density at radius 2 is 2.09 bits per heavy atom. The molecule has 1 rings (SSSR count). The summed E-state index contributed by atoms with van der Waals surface area (Å²) in [5, 5.41) is 6.01. The lowest BCUT2D eigenvalue weighted by Crippen LogP contribution is -2.21. The Hall–Kier alpha value is -1.39. The summed E-state index contributed by atoms with van der Waals surface area (Å²) >= 11 is 0. The average Bonchev–Trinajstić information content (AvgIpc) is 1.94. The first-order valence-corrected chi connectivity index (χ1v) is 3.22. The van der Waals surface area contributed by atoms with E-state index in [0.29, 0.717) is 5.82 Å². The van der Waals surface area contributed by atoms with Crippen LogP contribution in [0.1, 0.15) is 5.69 Å². The van der Waals surface area contributed by atoms with Crippen molar-refractivity contribution in [2.75, 3.05) is 19.0 Å².